The smallest absolute Gasteiger partial charge is 0.322 e. The van der Waals surface area contributed by atoms with E-state index in [1.165, 1.54) is 0 Å². The van der Waals surface area contributed by atoms with Crippen molar-refractivity contribution in [2.75, 3.05) is 32.3 Å². The quantitative estimate of drug-likeness (QED) is 0.336. The lowest BCUT2D eigenvalue weighted by molar-refractivity contribution is -0.145. The number of anilines is 1. The number of carbonyl (C=O) groups is 1. The summed E-state index contributed by atoms with van der Waals surface area (Å²) in [6.45, 7) is 7.55. The number of nitrogens with zero attached hydrogens (tertiary/aromatic N) is 4. The van der Waals surface area contributed by atoms with Crippen molar-refractivity contribution >= 4 is 23.1 Å². The van der Waals surface area contributed by atoms with Gasteiger partial charge in [-0.3, -0.25) is 10.1 Å². The summed E-state index contributed by atoms with van der Waals surface area (Å²) in [5.74, 6) is 0.221. The largest absolute Gasteiger partial charge is 0.476 e. The van der Waals surface area contributed by atoms with Gasteiger partial charge in [0.15, 0.2) is 11.2 Å². The highest BCUT2D eigenvalue weighted by Crippen LogP contribution is 2.21. The zero-order valence-corrected chi connectivity index (χ0v) is 15.4. The SMILES string of the molecule is CCCOc1nc(N)nc2c1ncn2CCOCN[C@@H](C)C(=O)OCC. The first kappa shape index (κ1) is 19.9. The van der Waals surface area contributed by atoms with Crippen molar-refractivity contribution in [2.45, 2.75) is 39.8 Å². The third-order valence-corrected chi connectivity index (χ3v) is 3.50. The number of nitrogens with two attached hydrogens (primary N) is 1. The molecule has 0 radical (unpaired) electrons. The van der Waals surface area contributed by atoms with Gasteiger partial charge in [0.25, 0.3) is 0 Å². The molecule has 26 heavy (non-hydrogen) atoms. The lowest BCUT2D eigenvalue weighted by atomic mass is 10.3. The average molecular weight is 366 g/mol. The normalized spacial score (nSPS) is 12.3. The predicted octanol–water partition coefficient (Wildman–Crippen LogP) is 0.713. The molecule has 3 N–H and O–H groups in total. The van der Waals surface area contributed by atoms with E-state index in [0.29, 0.717) is 43.4 Å². The number of nitrogens with one attached hydrogen (secondary N) is 1. The lowest BCUT2D eigenvalue weighted by Gasteiger charge is -2.13. The van der Waals surface area contributed by atoms with E-state index in [0.717, 1.165) is 6.42 Å². The minimum absolute atomic E-state index is 0.135. The Hall–Kier alpha value is -2.46. The minimum atomic E-state index is -0.421. The zero-order chi connectivity index (χ0) is 18.9. The molecule has 0 saturated heterocycles. The van der Waals surface area contributed by atoms with Crippen LogP contribution < -0.4 is 15.8 Å². The van der Waals surface area contributed by atoms with Crippen LogP contribution in [0.25, 0.3) is 11.2 Å². The van der Waals surface area contributed by atoms with Gasteiger partial charge in [0.1, 0.15) is 6.04 Å². The second-order valence-corrected chi connectivity index (χ2v) is 5.58. The van der Waals surface area contributed by atoms with Crippen LogP contribution in [0.15, 0.2) is 6.33 Å². The fourth-order valence-electron chi connectivity index (χ4n) is 2.17. The highest BCUT2D eigenvalue weighted by Gasteiger charge is 2.14. The molecular weight excluding hydrogens is 340 g/mol. The van der Waals surface area contributed by atoms with Crippen molar-refractivity contribution in [3.05, 3.63) is 6.33 Å². The van der Waals surface area contributed by atoms with E-state index < -0.39 is 6.04 Å². The maximum Gasteiger partial charge on any atom is 0.322 e. The first-order chi connectivity index (χ1) is 12.6. The van der Waals surface area contributed by atoms with Gasteiger partial charge in [0.2, 0.25) is 11.8 Å². The molecule has 2 rings (SSSR count). The molecule has 0 bridgehead atoms. The van der Waals surface area contributed by atoms with E-state index in [1.54, 1.807) is 20.2 Å². The topological polar surface area (TPSA) is 126 Å². The van der Waals surface area contributed by atoms with Gasteiger partial charge in [-0.05, 0) is 20.3 Å². The van der Waals surface area contributed by atoms with Crippen LogP contribution in [0.4, 0.5) is 5.95 Å². The first-order valence-corrected chi connectivity index (χ1v) is 8.65. The van der Waals surface area contributed by atoms with Crippen molar-refractivity contribution in [1.82, 2.24) is 24.8 Å². The summed E-state index contributed by atoms with van der Waals surface area (Å²) in [5, 5.41) is 2.94. The Bertz CT molecular complexity index is 720. The van der Waals surface area contributed by atoms with Gasteiger partial charge in [0, 0.05) is 6.54 Å². The van der Waals surface area contributed by atoms with Gasteiger partial charge in [-0.2, -0.15) is 9.97 Å². The highest BCUT2D eigenvalue weighted by atomic mass is 16.5. The van der Waals surface area contributed by atoms with Crippen molar-refractivity contribution in [1.29, 1.82) is 0 Å². The van der Waals surface area contributed by atoms with E-state index in [4.69, 9.17) is 19.9 Å². The van der Waals surface area contributed by atoms with E-state index in [2.05, 4.69) is 20.3 Å². The van der Waals surface area contributed by atoms with Gasteiger partial charge >= 0.3 is 5.97 Å². The van der Waals surface area contributed by atoms with Crippen LogP contribution in [-0.4, -0.2) is 58.1 Å². The molecule has 2 aromatic heterocycles. The minimum Gasteiger partial charge on any atom is -0.476 e. The van der Waals surface area contributed by atoms with Crippen LogP contribution in [0.1, 0.15) is 27.2 Å². The molecule has 0 aliphatic rings. The van der Waals surface area contributed by atoms with E-state index in [-0.39, 0.29) is 18.6 Å². The summed E-state index contributed by atoms with van der Waals surface area (Å²) in [6.07, 6.45) is 2.51. The van der Waals surface area contributed by atoms with Gasteiger partial charge in [-0.25, -0.2) is 4.98 Å². The fraction of sp³-hybridized carbons (Fsp3) is 0.625. The first-order valence-electron chi connectivity index (χ1n) is 8.65. The molecule has 0 aromatic carbocycles. The van der Waals surface area contributed by atoms with Crippen LogP contribution in [0, 0.1) is 0 Å². The van der Waals surface area contributed by atoms with Crippen LogP contribution >= 0.6 is 0 Å². The molecule has 2 heterocycles. The summed E-state index contributed by atoms with van der Waals surface area (Å²) >= 11 is 0. The third-order valence-electron chi connectivity index (χ3n) is 3.50. The highest BCUT2D eigenvalue weighted by molar-refractivity contribution is 5.77. The zero-order valence-electron chi connectivity index (χ0n) is 15.4. The molecule has 2 aromatic rings. The van der Waals surface area contributed by atoms with E-state index in [1.807, 2.05) is 11.5 Å². The predicted molar refractivity (Wildman–Crippen MR) is 95.6 cm³/mol. The Labute approximate surface area is 152 Å². The number of hydrogen-bond acceptors (Lipinski definition) is 9. The molecule has 0 saturated carbocycles. The van der Waals surface area contributed by atoms with Gasteiger partial charge in [-0.15, -0.1) is 0 Å². The molecular formula is C16H26N6O4. The number of hydrogen-bond donors (Lipinski definition) is 2. The number of fused-ring (bicyclic) bond motifs is 1. The Morgan fingerprint density at radius 1 is 1.35 bits per heavy atom. The van der Waals surface area contributed by atoms with Crippen LogP contribution in [0.5, 0.6) is 5.88 Å². The van der Waals surface area contributed by atoms with Crippen molar-refractivity contribution in [3.8, 4) is 5.88 Å². The molecule has 0 unspecified atom stereocenters. The molecule has 0 amide bonds. The molecule has 0 spiro atoms. The number of imidazole rings is 1. The maximum absolute atomic E-state index is 11.5. The molecule has 10 nitrogen and oxygen atoms in total. The number of carbonyl (C=O) groups excluding carboxylic acids is 1. The van der Waals surface area contributed by atoms with E-state index >= 15 is 0 Å². The summed E-state index contributed by atoms with van der Waals surface area (Å²) < 4.78 is 17.8. The molecule has 0 aliphatic heterocycles. The Morgan fingerprint density at radius 3 is 2.88 bits per heavy atom. The summed E-state index contributed by atoms with van der Waals surface area (Å²) in [4.78, 5) is 24.1. The van der Waals surface area contributed by atoms with Crippen molar-refractivity contribution < 1.29 is 19.0 Å². The number of rotatable bonds is 11. The van der Waals surface area contributed by atoms with Gasteiger partial charge in [0.05, 0.1) is 32.9 Å². The second kappa shape index (κ2) is 9.88. The Kier molecular flexibility index (Phi) is 7.54. The fourth-order valence-corrected chi connectivity index (χ4v) is 2.17. The molecule has 1 atom stereocenters. The number of esters is 1. The number of ether oxygens (including phenoxy) is 3. The molecule has 0 aliphatic carbocycles. The van der Waals surface area contributed by atoms with Crippen LogP contribution in [0.3, 0.4) is 0 Å². The van der Waals surface area contributed by atoms with Gasteiger partial charge < -0.3 is 24.5 Å². The Balaban J connectivity index is 1.87. The second-order valence-electron chi connectivity index (χ2n) is 5.58. The van der Waals surface area contributed by atoms with Crippen LogP contribution in [0.2, 0.25) is 0 Å². The number of nitrogen functional groups attached to an aromatic ring is 1. The summed E-state index contributed by atoms with van der Waals surface area (Å²) in [7, 11) is 0. The third kappa shape index (κ3) is 5.27. The molecule has 144 valence electrons. The average Bonchev–Trinajstić information content (AvgIpc) is 3.02. The molecule has 0 fully saturated rings. The van der Waals surface area contributed by atoms with Crippen LogP contribution in [-0.2, 0) is 20.8 Å². The maximum atomic E-state index is 11.5. The van der Waals surface area contributed by atoms with Crippen molar-refractivity contribution in [3.63, 3.8) is 0 Å². The monoisotopic (exact) mass is 366 g/mol. The van der Waals surface area contributed by atoms with Crippen molar-refractivity contribution in [2.24, 2.45) is 0 Å². The van der Waals surface area contributed by atoms with E-state index in [9.17, 15) is 4.79 Å². The summed E-state index contributed by atoms with van der Waals surface area (Å²) in [6, 6.07) is -0.421. The lowest BCUT2D eigenvalue weighted by Crippen LogP contribution is -2.37. The Morgan fingerprint density at radius 2 is 2.15 bits per heavy atom. The van der Waals surface area contributed by atoms with Gasteiger partial charge in [-0.1, -0.05) is 6.92 Å². The summed E-state index contributed by atoms with van der Waals surface area (Å²) in [5.41, 5.74) is 6.93. The standard InChI is InChI=1S/C16H26N6O4/c1-4-7-26-14-12-13(20-16(17)21-14)22(9-18-12)6-8-24-10-19-11(3)15(23)25-5-2/h9,11,19H,4-8,10H2,1-3H3,(H2,17,20,21)/t11-/m0/s1. The number of aromatic nitrogens is 4. The molecule has 10 heteroatoms.